The van der Waals surface area contributed by atoms with E-state index in [1.54, 1.807) is 17.0 Å². The fourth-order valence-corrected chi connectivity index (χ4v) is 5.65. The number of aromatic amines is 1. The molecule has 0 unspecified atom stereocenters. The molecule has 1 N–H and O–H groups in total. The van der Waals surface area contributed by atoms with Crippen molar-refractivity contribution in [3.05, 3.63) is 64.8 Å². The number of carbonyl (C=O) groups excluding carboxylic acids is 1. The second-order valence-electron chi connectivity index (χ2n) is 7.85. The molecular formula is C23H24N4O3S. The van der Waals surface area contributed by atoms with Crippen molar-refractivity contribution in [3.8, 4) is 6.07 Å². The van der Waals surface area contributed by atoms with Crippen LogP contribution in [0.2, 0.25) is 0 Å². The van der Waals surface area contributed by atoms with Gasteiger partial charge >= 0.3 is 0 Å². The van der Waals surface area contributed by atoms with Crippen molar-refractivity contribution in [2.45, 2.75) is 25.2 Å². The first-order valence-electron chi connectivity index (χ1n) is 10.2. The average molecular weight is 437 g/mol. The van der Waals surface area contributed by atoms with E-state index in [0.29, 0.717) is 13.1 Å². The monoisotopic (exact) mass is 436 g/mol. The zero-order valence-electron chi connectivity index (χ0n) is 17.6. The minimum absolute atomic E-state index is 0.0139. The summed E-state index contributed by atoms with van der Waals surface area (Å²) in [4.78, 5) is 18.0. The van der Waals surface area contributed by atoms with Crippen LogP contribution in [-0.4, -0.2) is 54.7 Å². The first-order valence-corrected chi connectivity index (χ1v) is 11.6. The van der Waals surface area contributed by atoms with E-state index in [0.717, 1.165) is 27.7 Å². The summed E-state index contributed by atoms with van der Waals surface area (Å²) in [5.41, 5.74) is 4.24. The zero-order chi connectivity index (χ0) is 22.2. The van der Waals surface area contributed by atoms with Crippen molar-refractivity contribution in [1.29, 1.82) is 5.26 Å². The Morgan fingerprint density at radius 2 is 1.81 bits per heavy atom. The maximum atomic E-state index is 13.0. The predicted molar refractivity (Wildman–Crippen MR) is 118 cm³/mol. The molecule has 1 saturated heterocycles. The summed E-state index contributed by atoms with van der Waals surface area (Å²) < 4.78 is 27.3. The van der Waals surface area contributed by atoms with E-state index < -0.39 is 10.0 Å². The van der Waals surface area contributed by atoms with Gasteiger partial charge in [0.15, 0.2) is 0 Å². The molecule has 160 valence electrons. The van der Waals surface area contributed by atoms with Crippen LogP contribution < -0.4 is 0 Å². The lowest BCUT2D eigenvalue weighted by Crippen LogP contribution is -2.51. The number of hydrogen-bond donors (Lipinski definition) is 1. The molecule has 4 rings (SSSR count). The van der Waals surface area contributed by atoms with Crippen molar-refractivity contribution in [2.24, 2.45) is 0 Å². The van der Waals surface area contributed by atoms with E-state index >= 15 is 0 Å². The van der Waals surface area contributed by atoms with Crippen LogP contribution >= 0.6 is 0 Å². The Labute approximate surface area is 181 Å². The Kier molecular flexibility index (Phi) is 5.56. The molecule has 1 amide bonds. The molecular weight excluding hydrogens is 412 g/mol. The SMILES string of the molecule is Cc1ccc2[nH]c(C)c(CC(=O)N3CCN(S(=O)(=O)c4ccccc4C#N)CC3)c2c1. The van der Waals surface area contributed by atoms with Gasteiger partial charge in [0.2, 0.25) is 15.9 Å². The highest BCUT2D eigenvalue weighted by Crippen LogP contribution is 2.25. The van der Waals surface area contributed by atoms with Gasteiger partial charge in [-0.15, -0.1) is 0 Å². The third-order valence-corrected chi connectivity index (χ3v) is 7.78. The largest absolute Gasteiger partial charge is 0.358 e. The normalized spacial score (nSPS) is 15.2. The van der Waals surface area contributed by atoms with E-state index in [4.69, 9.17) is 0 Å². The number of carbonyl (C=O) groups is 1. The van der Waals surface area contributed by atoms with Crippen LogP contribution in [0.25, 0.3) is 10.9 Å². The second-order valence-corrected chi connectivity index (χ2v) is 9.75. The standard InChI is InChI=1S/C23H24N4O3S/c1-16-7-8-21-20(13-16)19(17(2)25-21)14-23(28)26-9-11-27(12-10-26)31(29,30)22-6-4-3-5-18(22)15-24/h3-8,13,25H,9-12,14H2,1-2H3. The molecule has 31 heavy (non-hydrogen) atoms. The molecule has 0 saturated carbocycles. The van der Waals surface area contributed by atoms with Crippen LogP contribution in [-0.2, 0) is 21.2 Å². The smallest absolute Gasteiger partial charge is 0.244 e. The number of rotatable bonds is 4. The minimum Gasteiger partial charge on any atom is -0.358 e. The summed E-state index contributed by atoms with van der Waals surface area (Å²) in [6, 6.07) is 14.3. The Bertz CT molecular complexity index is 1300. The van der Waals surface area contributed by atoms with Crippen molar-refractivity contribution in [1.82, 2.24) is 14.2 Å². The molecule has 0 spiro atoms. The predicted octanol–water partition coefficient (Wildman–Crippen LogP) is 2.73. The van der Waals surface area contributed by atoms with Crippen molar-refractivity contribution in [3.63, 3.8) is 0 Å². The summed E-state index contributed by atoms with van der Waals surface area (Å²) in [6.45, 7) is 5.06. The van der Waals surface area contributed by atoms with Crippen LogP contribution in [0.15, 0.2) is 47.4 Å². The second kappa shape index (κ2) is 8.17. The van der Waals surface area contributed by atoms with Crippen LogP contribution in [0.4, 0.5) is 0 Å². The summed E-state index contributed by atoms with van der Waals surface area (Å²) in [5, 5.41) is 10.3. The number of aromatic nitrogens is 1. The fourth-order valence-electron chi connectivity index (χ4n) is 4.09. The van der Waals surface area contributed by atoms with Crippen molar-refractivity contribution >= 4 is 26.8 Å². The molecule has 1 aromatic heterocycles. The molecule has 3 aromatic rings. The maximum absolute atomic E-state index is 13.0. The molecule has 1 aliphatic rings. The van der Waals surface area contributed by atoms with Crippen LogP contribution in [0.3, 0.4) is 0 Å². The van der Waals surface area contributed by atoms with Gasteiger partial charge in [-0.3, -0.25) is 4.79 Å². The molecule has 1 fully saturated rings. The lowest BCUT2D eigenvalue weighted by Gasteiger charge is -2.34. The van der Waals surface area contributed by atoms with Gasteiger partial charge in [0.1, 0.15) is 6.07 Å². The van der Waals surface area contributed by atoms with Crippen molar-refractivity contribution < 1.29 is 13.2 Å². The van der Waals surface area contributed by atoms with E-state index in [1.807, 2.05) is 32.0 Å². The Morgan fingerprint density at radius 3 is 2.52 bits per heavy atom. The first kappa shape index (κ1) is 21.1. The summed E-state index contributed by atoms with van der Waals surface area (Å²) in [6.07, 6.45) is 0.277. The lowest BCUT2D eigenvalue weighted by atomic mass is 10.0. The van der Waals surface area contributed by atoms with Crippen LogP contribution in [0.5, 0.6) is 0 Å². The quantitative estimate of drug-likeness (QED) is 0.680. The fraction of sp³-hybridized carbons (Fsp3) is 0.304. The number of H-pyrrole nitrogens is 1. The number of benzene rings is 2. The molecule has 7 nitrogen and oxygen atoms in total. The molecule has 1 aliphatic heterocycles. The molecule has 0 aliphatic carbocycles. The number of nitriles is 1. The number of piperazine rings is 1. The van der Waals surface area contributed by atoms with Gasteiger partial charge < -0.3 is 9.88 Å². The highest BCUT2D eigenvalue weighted by atomic mass is 32.2. The molecule has 0 bridgehead atoms. The van der Waals surface area contributed by atoms with Gasteiger partial charge in [0.05, 0.1) is 16.9 Å². The molecule has 2 aromatic carbocycles. The first-order chi connectivity index (χ1) is 14.8. The van der Waals surface area contributed by atoms with Gasteiger partial charge in [0.25, 0.3) is 0 Å². The van der Waals surface area contributed by atoms with Crippen molar-refractivity contribution in [2.75, 3.05) is 26.2 Å². The summed E-state index contributed by atoms with van der Waals surface area (Å²) >= 11 is 0. The molecule has 0 radical (unpaired) electrons. The average Bonchev–Trinajstić information content (AvgIpc) is 3.08. The summed E-state index contributed by atoms with van der Waals surface area (Å²) in [7, 11) is -3.78. The number of amides is 1. The van der Waals surface area contributed by atoms with E-state index in [-0.39, 0.29) is 35.9 Å². The Balaban J connectivity index is 1.47. The number of hydrogen-bond acceptors (Lipinski definition) is 4. The van der Waals surface area contributed by atoms with E-state index in [1.165, 1.54) is 16.4 Å². The van der Waals surface area contributed by atoms with E-state index in [2.05, 4.69) is 11.1 Å². The van der Waals surface area contributed by atoms with Gasteiger partial charge in [-0.2, -0.15) is 9.57 Å². The van der Waals surface area contributed by atoms with Crippen LogP contribution in [0, 0.1) is 25.2 Å². The highest BCUT2D eigenvalue weighted by Gasteiger charge is 2.31. The van der Waals surface area contributed by atoms with Gasteiger partial charge in [-0.05, 0) is 43.7 Å². The number of fused-ring (bicyclic) bond motifs is 1. The van der Waals surface area contributed by atoms with Gasteiger partial charge in [-0.25, -0.2) is 8.42 Å². The third kappa shape index (κ3) is 3.94. The molecule has 0 atom stereocenters. The molecule has 2 heterocycles. The number of nitrogens with one attached hydrogen (secondary N) is 1. The topological polar surface area (TPSA) is 97.3 Å². The third-order valence-electron chi connectivity index (χ3n) is 5.82. The minimum atomic E-state index is -3.78. The number of sulfonamides is 1. The van der Waals surface area contributed by atoms with Crippen LogP contribution in [0.1, 0.15) is 22.4 Å². The number of nitrogens with zero attached hydrogens (tertiary/aromatic N) is 3. The maximum Gasteiger partial charge on any atom is 0.244 e. The highest BCUT2D eigenvalue weighted by molar-refractivity contribution is 7.89. The zero-order valence-corrected chi connectivity index (χ0v) is 18.4. The summed E-state index contributed by atoms with van der Waals surface area (Å²) in [5.74, 6) is -0.0139. The van der Waals surface area contributed by atoms with Gasteiger partial charge in [0, 0.05) is 42.8 Å². The van der Waals surface area contributed by atoms with Gasteiger partial charge in [-0.1, -0.05) is 23.8 Å². The Morgan fingerprint density at radius 1 is 1.10 bits per heavy atom. The van der Waals surface area contributed by atoms with E-state index in [9.17, 15) is 18.5 Å². The lowest BCUT2D eigenvalue weighted by molar-refractivity contribution is -0.131. The Hall–Kier alpha value is -3.15. The molecule has 8 heteroatoms. The number of aryl methyl sites for hydroxylation is 2.